The molecule has 14 heavy (non-hydrogen) atoms. The first-order valence-corrected chi connectivity index (χ1v) is 4.29. The Morgan fingerprint density at radius 1 is 1.29 bits per heavy atom. The maximum absolute atomic E-state index is 10.8. The molecule has 0 aromatic heterocycles. The van der Waals surface area contributed by atoms with Crippen LogP contribution in [-0.2, 0) is 11.3 Å². The average Bonchev–Trinajstić information content (AvgIpc) is 2.15. The van der Waals surface area contributed by atoms with Crippen LogP contribution in [0.3, 0.4) is 0 Å². The smallest absolute Gasteiger partial charge is 0.217 e. The highest BCUT2D eigenvalue weighted by Gasteiger charge is 1.99. The highest BCUT2D eigenvalue weighted by atomic mass is 16.1. The lowest BCUT2D eigenvalue weighted by molar-refractivity contribution is -0.119. The summed E-state index contributed by atoms with van der Waals surface area (Å²) < 4.78 is 0. The molecule has 0 aliphatic carbocycles. The van der Waals surface area contributed by atoms with Gasteiger partial charge in [0.15, 0.2) is 5.78 Å². The van der Waals surface area contributed by atoms with E-state index in [1.54, 1.807) is 24.3 Å². The quantitative estimate of drug-likeness (QED) is 0.731. The van der Waals surface area contributed by atoms with Crippen molar-refractivity contribution in [1.82, 2.24) is 5.32 Å². The van der Waals surface area contributed by atoms with E-state index in [0.29, 0.717) is 12.1 Å². The number of hydrogen-bond acceptors (Lipinski definition) is 2. The van der Waals surface area contributed by atoms with Gasteiger partial charge in [-0.05, 0) is 5.56 Å². The lowest BCUT2D eigenvalue weighted by Crippen LogP contribution is -2.18. The molecule has 0 heterocycles. The molecular weight excluding hydrogens is 178 g/mol. The highest BCUT2D eigenvalue weighted by Crippen LogP contribution is 2.04. The summed E-state index contributed by atoms with van der Waals surface area (Å²) in [7, 11) is 0. The van der Waals surface area contributed by atoms with Gasteiger partial charge in [-0.25, -0.2) is 0 Å². The zero-order valence-electron chi connectivity index (χ0n) is 8.04. The number of Topliss-reactive ketones (excluding diaryl/α,β-unsaturated/α-hetero) is 1. The van der Waals surface area contributed by atoms with Crippen LogP contribution in [0.2, 0.25) is 0 Å². The van der Waals surface area contributed by atoms with E-state index in [0.717, 1.165) is 5.56 Å². The van der Waals surface area contributed by atoms with Crippen LogP contribution in [0.1, 0.15) is 22.8 Å². The summed E-state index contributed by atoms with van der Waals surface area (Å²) in [4.78, 5) is 21.5. The second-order valence-corrected chi connectivity index (χ2v) is 3.03. The number of amides is 1. The van der Waals surface area contributed by atoms with Crippen LogP contribution in [-0.4, -0.2) is 11.7 Å². The molecule has 0 saturated carbocycles. The van der Waals surface area contributed by atoms with Crippen LogP contribution in [0.25, 0.3) is 0 Å². The number of hydrogen-bond donors (Lipinski definition) is 1. The Balaban J connectivity index is 2.64. The Kier molecular flexibility index (Phi) is 3.40. The summed E-state index contributed by atoms with van der Waals surface area (Å²) in [6.45, 7) is 5.26. The van der Waals surface area contributed by atoms with Crippen molar-refractivity contribution in [3.05, 3.63) is 42.3 Å². The predicted octanol–water partition coefficient (Wildman–Crippen LogP) is 1.34. The molecule has 1 radical (unpaired) electrons. The first kappa shape index (κ1) is 10.4. The van der Waals surface area contributed by atoms with E-state index in [9.17, 15) is 9.59 Å². The minimum absolute atomic E-state index is 0.0673. The zero-order chi connectivity index (χ0) is 10.6. The van der Waals surface area contributed by atoms with E-state index in [1.807, 2.05) is 0 Å². The molecule has 0 aliphatic heterocycles. The minimum Gasteiger partial charge on any atom is -0.352 e. The van der Waals surface area contributed by atoms with Gasteiger partial charge < -0.3 is 5.32 Å². The monoisotopic (exact) mass is 190 g/mol. The molecule has 0 atom stereocenters. The Morgan fingerprint density at radius 2 is 1.86 bits per heavy atom. The number of nitrogens with one attached hydrogen (secondary N) is 1. The van der Waals surface area contributed by atoms with E-state index in [4.69, 9.17) is 0 Å². The van der Waals surface area contributed by atoms with Gasteiger partial charge in [0.1, 0.15) is 0 Å². The van der Waals surface area contributed by atoms with Crippen molar-refractivity contribution in [2.75, 3.05) is 0 Å². The number of rotatable bonds is 3. The van der Waals surface area contributed by atoms with E-state index >= 15 is 0 Å². The largest absolute Gasteiger partial charge is 0.352 e. The van der Waals surface area contributed by atoms with Crippen LogP contribution in [0.4, 0.5) is 0 Å². The number of carbonyl (C=O) groups excluding carboxylic acids is 2. The highest BCUT2D eigenvalue weighted by molar-refractivity contribution is 5.99. The van der Waals surface area contributed by atoms with Crippen molar-refractivity contribution in [3.8, 4) is 0 Å². The second kappa shape index (κ2) is 4.56. The maximum Gasteiger partial charge on any atom is 0.217 e. The van der Waals surface area contributed by atoms with Gasteiger partial charge in [-0.3, -0.25) is 9.59 Å². The third-order valence-corrected chi connectivity index (χ3v) is 1.82. The Labute approximate surface area is 83.1 Å². The van der Waals surface area contributed by atoms with Gasteiger partial charge in [-0.1, -0.05) is 24.3 Å². The molecule has 1 amide bonds. The summed E-state index contributed by atoms with van der Waals surface area (Å²) in [5, 5.41) is 2.67. The molecule has 0 bridgehead atoms. The summed E-state index contributed by atoms with van der Waals surface area (Å²) in [5.41, 5.74) is 1.54. The van der Waals surface area contributed by atoms with Gasteiger partial charge in [0, 0.05) is 26.0 Å². The van der Waals surface area contributed by atoms with E-state index in [1.165, 1.54) is 6.92 Å². The molecular formula is C11H12NO2. The Hall–Kier alpha value is -1.64. The van der Waals surface area contributed by atoms with Crippen molar-refractivity contribution in [3.63, 3.8) is 0 Å². The summed E-state index contributed by atoms with van der Waals surface area (Å²) in [6, 6.07) is 7.00. The first-order valence-electron chi connectivity index (χ1n) is 4.29. The number of benzene rings is 1. The summed E-state index contributed by atoms with van der Waals surface area (Å²) >= 11 is 0. The second-order valence-electron chi connectivity index (χ2n) is 3.03. The van der Waals surface area contributed by atoms with Crippen molar-refractivity contribution in [2.24, 2.45) is 0 Å². The first-order chi connectivity index (χ1) is 6.59. The fourth-order valence-corrected chi connectivity index (χ4v) is 1.04. The fraction of sp³-hybridized carbons (Fsp3) is 0.182. The topological polar surface area (TPSA) is 46.2 Å². The third kappa shape index (κ3) is 3.01. The molecule has 1 N–H and O–H groups in total. The van der Waals surface area contributed by atoms with E-state index in [2.05, 4.69) is 12.2 Å². The molecule has 0 fully saturated rings. The average molecular weight is 190 g/mol. The SMILES string of the molecule is [CH2]C(=O)c1ccc(CNC(C)=O)cc1. The minimum atomic E-state index is -0.198. The van der Waals surface area contributed by atoms with Crippen LogP contribution in [0, 0.1) is 6.92 Å². The van der Waals surface area contributed by atoms with Crippen molar-refractivity contribution >= 4 is 11.7 Å². The molecule has 73 valence electrons. The van der Waals surface area contributed by atoms with Crippen molar-refractivity contribution < 1.29 is 9.59 Å². The molecule has 1 aromatic carbocycles. The number of ketones is 1. The lowest BCUT2D eigenvalue weighted by Gasteiger charge is -2.02. The van der Waals surface area contributed by atoms with Crippen molar-refractivity contribution in [2.45, 2.75) is 13.5 Å². The van der Waals surface area contributed by atoms with Gasteiger partial charge in [-0.2, -0.15) is 0 Å². The number of carbonyl (C=O) groups is 2. The molecule has 1 rings (SSSR count). The van der Waals surface area contributed by atoms with E-state index < -0.39 is 0 Å². The Morgan fingerprint density at radius 3 is 2.29 bits per heavy atom. The molecule has 0 saturated heterocycles. The van der Waals surface area contributed by atoms with Gasteiger partial charge in [-0.15, -0.1) is 0 Å². The van der Waals surface area contributed by atoms with Crippen LogP contribution in [0.15, 0.2) is 24.3 Å². The van der Waals surface area contributed by atoms with Gasteiger partial charge in [0.05, 0.1) is 0 Å². The van der Waals surface area contributed by atoms with Crippen LogP contribution >= 0.6 is 0 Å². The third-order valence-electron chi connectivity index (χ3n) is 1.82. The Bertz CT molecular complexity index is 341. The fourth-order valence-electron chi connectivity index (χ4n) is 1.04. The molecule has 3 heteroatoms. The normalized spacial score (nSPS) is 9.57. The zero-order valence-corrected chi connectivity index (χ0v) is 8.04. The predicted molar refractivity (Wildman–Crippen MR) is 53.7 cm³/mol. The van der Waals surface area contributed by atoms with Gasteiger partial charge >= 0.3 is 0 Å². The molecule has 0 aliphatic rings. The molecule has 3 nitrogen and oxygen atoms in total. The molecule has 1 aromatic rings. The summed E-state index contributed by atoms with van der Waals surface area (Å²) in [6.07, 6.45) is 0. The van der Waals surface area contributed by atoms with E-state index in [-0.39, 0.29) is 11.7 Å². The van der Waals surface area contributed by atoms with Crippen molar-refractivity contribution in [1.29, 1.82) is 0 Å². The lowest BCUT2D eigenvalue weighted by atomic mass is 10.1. The molecule has 0 unspecified atom stereocenters. The van der Waals surface area contributed by atoms with Crippen LogP contribution in [0.5, 0.6) is 0 Å². The standard InChI is InChI=1S/C11H12NO2/c1-8(13)11-5-3-10(4-6-11)7-12-9(2)14/h3-6H,1,7H2,2H3,(H,12,14). The van der Waals surface area contributed by atoms with Crippen LogP contribution < -0.4 is 5.32 Å². The maximum atomic E-state index is 10.8. The van der Waals surface area contributed by atoms with Gasteiger partial charge in [0.2, 0.25) is 5.91 Å². The van der Waals surface area contributed by atoms with Gasteiger partial charge in [0.25, 0.3) is 0 Å². The summed E-state index contributed by atoms with van der Waals surface area (Å²) in [5.74, 6) is -0.265. The molecule has 0 spiro atoms.